The molecule has 1 saturated heterocycles. The predicted octanol–water partition coefficient (Wildman–Crippen LogP) is 2.80. The van der Waals surface area contributed by atoms with E-state index in [-0.39, 0.29) is 0 Å². The van der Waals surface area contributed by atoms with E-state index in [0.717, 1.165) is 3.57 Å². The quantitative estimate of drug-likeness (QED) is 0.806. The number of halogens is 4. The lowest BCUT2D eigenvalue weighted by Crippen LogP contribution is -2.49. The van der Waals surface area contributed by atoms with Gasteiger partial charge in [-0.25, -0.2) is 0 Å². The number of alkyl halides is 3. The van der Waals surface area contributed by atoms with Crippen molar-refractivity contribution < 1.29 is 13.2 Å². The van der Waals surface area contributed by atoms with Crippen LogP contribution in [0.25, 0.3) is 0 Å². The van der Waals surface area contributed by atoms with Crippen molar-refractivity contribution >= 4 is 22.6 Å². The monoisotopic (exact) mass is 370 g/mol. The van der Waals surface area contributed by atoms with Gasteiger partial charge in [-0.1, -0.05) is 12.1 Å². The summed E-state index contributed by atoms with van der Waals surface area (Å²) in [6.45, 7) is 2.07. The number of hydrogen-bond donors (Lipinski definition) is 1. The van der Waals surface area contributed by atoms with Gasteiger partial charge in [0.05, 0.1) is 0 Å². The Morgan fingerprint density at radius 2 is 1.89 bits per heavy atom. The Bertz CT molecular complexity index is 403. The first-order valence-corrected chi connectivity index (χ1v) is 6.83. The molecule has 0 unspecified atom stereocenters. The predicted molar refractivity (Wildman–Crippen MR) is 72.4 cm³/mol. The van der Waals surface area contributed by atoms with E-state index in [2.05, 4.69) is 5.32 Å². The van der Waals surface area contributed by atoms with Gasteiger partial charge in [-0.3, -0.25) is 4.90 Å². The van der Waals surface area contributed by atoms with Crippen LogP contribution in [0.4, 0.5) is 13.2 Å². The number of hydrogen-bond acceptors (Lipinski definition) is 2. The Hall–Kier alpha value is -0.340. The van der Waals surface area contributed by atoms with E-state index in [1.807, 2.05) is 22.6 Å². The second-order valence-corrected chi connectivity index (χ2v) is 5.53. The summed E-state index contributed by atoms with van der Waals surface area (Å²) in [5.74, 6) is 0. The summed E-state index contributed by atoms with van der Waals surface area (Å²) in [6.07, 6.45) is -4.23. The molecular formula is C12H14F3IN2. The van der Waals surface area contributed by atoms with Crippen LogP contribution in [0.1, 0.15) is 11.6 Å². The van der Waals surface area contributed by atoms with Crippen molar-refractivity contribution in [2.75, 3.05) is 26.2 Å². The van der Waals surface area contributed by atoms with Crippen molar-refractivity contribution in [2.24, 2.45) is 0 Å². The molecule has 1 atom stereocenters. The molecule has 0 aliphatic carbocycles. The molecule has 1 heterocycles. The van der Waals surface area contributed by atoms with Crippen LogP contribution in [-0.2, 0) is 0 Å². The molecule has 0 radical (unpaired) electrons. The summed E-state index contributed by atoms with van der Waals surface area (Å²) in [4.78, 5) is 1.50. The third-order valence-corrected chi connectivity index (χ3v) is 3.66. The third kappa shape index (κ3) is 3.36. The van der Waals surface area contributed by atoms with Crippen LogP contribution in [0, 0.1) is 3.57 Å². The average Bonchev–Trinajstić information content (AvgIpc) is 2.28. The zero-order chi connectivity index (χ0) is 13.2. The van der Waals surface area contributed by atoms with Gasteiger partial charge in [0.15, 0.2) is 0 Å². The lowest BCUT2D eigenvalue weighted by molar-refractivity contribution is -0.187. The van der Waals surface area contributed by atoms with Gasteiger partial charge in [-0.15, -0.1) is 0 Å². The van der Waals surface area contributed by atoms with Crippen molar-refractivity contribution in [2.45, 2.75) is 12.2 Å². The summed E-state index contributed by atoms with van der Waals surface area (Å²) >= 11 is 2.04. The first kappa shape index (κ1) is 14.1. The number of nitrogens with one attached hydrogen (secondary N) is 1. The van der Waals surface area contributed by atoms with Crippen LogP contribution < -0.4 is 5.32 Å². The topological polar surface area (TPSA) is 15.3 Å². The summed E-state index contributed by atoms with van der Waals surface area (Å²) < 4.78 is 40.6. The van der Waals surface area contributed by atoms with Crippen LogP contribution in [-0.4, -0.2) is 37.3 Å². The zero-order valence-corrected chi connectivity index (χ0v) is 11.8. The molecule has 6 heteroatoms. The molecule has 1 N–H and O–H groups in total. The van der Waals surface area contributed by atoms with Crippen molar-refractivity contribution in [3.63, 3.8) is 0 Å². The molecule has 0 amide bonds. The normalized spacial score (nSPS) is 19.8. The van der Waals surface area contributed by atoms with Crippen LogP contribution in [0.5, 0.6) is 0 Å². The van der Waals surface area contributed by atoms with Gasteiger partial charge in [-0.2, -0.15) is 13.2 Å². The summed E-state index contributed by atoms with van der Waals surface area (Å²) in [7, 11) is 0. The second kappa shape index (κ2) is 5.75. The van der Waals surface area contributed by atoms with E-state index in [9.17, 15) is 13.2 Å². The molecule has 0 spiro atoms. The Kier molecular flexibility index (Phi) is 4.50. The van der Waals surface area contributed by atoms with Crippen LogP contribution in [0.15, 0.2) is 24.3 Å². The molecule has 100 valence electrons. The highest BCUT2D eigenvalue weighted by Crippen LogP contribution is 2.38. The number of nitrogens with zero attached hydrogens (tertiary/aromatic N) is 1. The lowest BCUT2D eigenvalue weighted by atomic mass is 10.0. The molecule has 18 heavy (non-hydrogen) atoms. The fourth-order valence-electron chi connectivity index (χ4n) is 2.22. The van der Waals surface area contributed by atoms with Gasteiger partial charge in [-0.05, 0) is 40.3 Å². The van der Waals surface area contributed by atoms with E-state index in [4.69, 9.17) is 0 Å². The Morgan fingerprint density at radius 3 is 2.44 bits per heavy atom. The SMILES string of the molecule is FC(F)(F)[C@@H](c1cccc(I)c1)N1CCNCC1. The van der Waals surface area contributed by atoms with Crippen molar-refractivity contribution in [3.05, 3.63) is 33.4 Å². The molecule has 2 rings (SSSR count). The number of piperazine rings is 1. The molecule has 1 aromatic rings. The van der Waals surface area contributed by atoms with E-state index >= 15 is 0 Å². The second-order valence-electron chi connectivity index (χ2n) is 4.29. The van der Waals surface area contributed by atoms with Crippen LogP contribution in [0.3, 0.4) is 0 Å². The molecule has 1 aliphatic rings. The van der Waals surface area contributed by atoms with E-state index in [1.54, 1.807) is 24.3 Å². The lowest BCUT2D eigenvalue weighted by Gasteiger charge is -2.36. The maximum atomic E-state index is 13.3. The van der Waals surface area contributed by atoms with Crippen molar-refractivity contribution in [1.29, 1.82) is 0 Å². The molecule has 2 nitrogen and oxygen atoms in total. The molecule has 0 saturated carbocycles. The van der Waals surface area contributed by atoms with E-state index < -0.39 is 12.2 Å². The highest BCUT2D eigenvalue weighted by atomic mass is 127. The highest BCUT2D eigenvalue weighted by Gasteiger charge is 2.44. The van der Waals surface area contributed by atoms with Crippen LogP contribution >= 0.6 is 22.6 Å². The first-order valence-electron chi connectivity index (χ1n) is 5.75. The Morgan fingerprint density at radius 1 is 1.22 bits per heavy atom. The van der Waals surface area contributed by atoms with Gasteiger partial charge in [0.1, 0.15) is 6.04 Å². The van der Waals surface area contributed by atoms with E-state index in [1.165, 1.54) is 4.90 Å². The highest BCUT2D eigenvalue weighted by molar-refractivity contribution is 14.1. The zero-order valence-electron chi connectivity index (χ0n) is 9.67. The fourth-order valence-corrected chi connectivity index (χ4v) is 2.79. The van der Waals surface area contributed by atoms with Gasteiger partial charge in [0.2, 0.25) is 0 Å². The number of rotatable bonds is 2. The standard InChI is InChI=1S/C12H14F3IN2/c13-12(14,15)11(18-6-4-17-5-7-18)9-2-1-3-10(16)8-9/h1-3,8,11,17H,4-7H2/t11-/m1/s1. The maximum Gasteiger partial charge on any atom is 0.408 e. The summed E-state index contributed by atoms with van der Waals surface area (Å²) in [5.41, 5.74) is 0.330. The summed E-state index contributed by atoms with van der Waals surface area (Å²) in [6, 6.07) is 5.16. The van der Waals surface area contributed by atoms with Crippen molar-refractivity contribution in [1.82, 2.24) is 10.2 Å². The Labute approximate surface area is 118 Å². The first-order chi connectivity index (χ1) is 8.48. The fraction of sp³-hybridized carbons (Fsp3) is 0.500. The van der Waals surface area contributed by atoms with Crippen LogP contribution in [0.2, 0.25) is 0 Å². The minimum absolute atomic E-state index is 0.330. The maximum absolute atomic E-state index is 13.3. The molecule has 1 fully saturated rings. The van der Waals surface area contributed by atoms with Gasteiger partial charge in [0, 0.05) is 29.7 Å². The summed E-state index contributed by atoms with van der Waals surface area (Å²) in [5, 5.41) is 3.07. The smallest absolute Gasteiger partial charge is 0.314 e. The van der Waals surface area contributed by atoms with Gasteiger partial charge in [0.25, 0.3) is 0 Å². The minimum Gasteiger partial charge on any atom is -0.314 e. The molecule has 0 bridgehead atoms. The Balaban J connectivity index is 2.30. The molecular weight excluding hydrogens is 356 g/mol. The molecule has 1 aliphatic heterocycles. The van der Waals surface area contributed by atoms with E-state index in [0.29, 0.717) is 31.7 Å². The third-order valence-electron chi connectivity index (χ3n) is 2.99. The molecule has 0 aromatic heterocycles. The van der Waals surface area contributed by atoms with Gasteiger partial charge < -0.3 is 5.32 Å². The van der Waals surface area contributed by atoms with Crippen molar-refractivity contribution in [3.8, 4) is 0 Å². The average molecular weight is 370 g/mol. The minimum atomic E-state index is -4.23. The molecule has 1 aromatic carbocycles. The van der Waals surface area contributed by atoms with Gasteiger partial charge >= 0.3 is 6.18 Å². The number of benzene rings is 1. The largest absolute Gasteiger partial charge is 0.408 e.